The van der Waals surface area contributed by atoms with E-state index in [0.29, 0.717) is 38.0 Å². The predicted molar refractivity (Wildman–Crippen MR) is 91.5 cm³/mol. The van der Waals surface area contributed by atoms with Gasteiger partial charge in [-0.05, 0) is 13.3 Å². The standard InChI is InChI=1S/C14H25N7O3/c1-3-19-6-8-20(9-7-19)13-11(21(22)23)12(15)17-14(18-13)16-5-4-10-24-2/h3-10H2,1-2H3,(H3,15,16,17,18)/p+1. The van der Waals surface area contributed by atoms with Crippen molar-refractivity contribution in [2.24, 2.45) is 0 Å². The fraction of sp³-hybridized carbons (Fsp3) is 0.714. The molecule has 0 bridgehead atoms. The highest BCUT2D eigenvalue weighted by Gasteiger charge is 2.30. The Labute approximate surface area is 141 Å². The average molecular weight is 340 g/mol. The van der Waals surface area contributed by atoms with Gasteiger partial charge in [0.2, 0.25) is 17.6 Å². The van der Waals surface area contributed by atoms with Crippen LogP contribution in [0.5, 0.6) is 0 Å². The molecule has 0 atom stereocenters. The maximum absolute atomic E-state index is 11.4. The molecular weight excluding hydrogens is 314 g/mol. The number of rotatable bonds is 8. The second kappa shape index (κ2) is 8.60. The number of hydrogen-bond acceptors (Lipinski definition) is 8. The summed E-state index contributed by atoms with van der Waals surface area (Å²) in [5.74, 6) is 0.510. The molecular formula is C14H26N7O3+. The maximum atomic E-state index is 11.4. The van der Waals surface area contributed by atoms with Gasteiger partial charge in [-0.15, -0.1) is 0 Å². The van der Waals surface area contributed by atoms with E-state index in [1.807, 2.05) is 4.90 Å². The minimum Gasteiger partial charge on any atom is -0.385 e. The van der Waals surface area contributed by atoms with Crippen molar-refractivity contribution in [1.82, 2.24) is 9.97 Å². The van der Waals surface area contributed by atoms with Crippen molar-refractivity contribution in [2.75, 3.05) is 68.9 Å². The molecule has 10 nitrogen and oxygen atoms in total. The third kappa shape index (κ3) is 4.42. The zero-order valence-electron chi connectivity index (χ0n) is 14.2. The molecule has 0 unspecified atom stereocenters. The third-order valence-electron chi connectivity index (χ3n) is 4.15. The number of aromatic nitrogens is 2. The van der Waals surface area contributed by atoms with Crippen LogP contribution in [0.3, 0.4) is 0 Å². The van der Waals surface area contributed by atoms with Crippen molar-refractivity contribution in [3.63, 3.8) is 0 Å². The number of anilines is 3. The van der Waals surface area contributed by atoms with E-state index in [1.165, 1.54) is 4.90 Å². The van der Waals surface area contributed by atoms with E-state index in [4.69, 9.17) is 10.5 Å². The molecule has 1 aromatic heterocycles. The van der Waals surface area contributed by atoms with Crippen molar-refractivity contribution in [1.29, 1.82) is 0 Å². The first kappa shape index (κ1) is 18.1. The molecule has 1 aliphatic heterocycles. The molecule has 4 N–H and O–H groups in total. The smallest absolute Gasteiger partial charge is 0.353 e. The molecule has 0 saturated carbocycles. The Balaban J connectivity index is 2.19. The molecule has 0 aromatic carbocycles. The van der Waals surface area contributed by atoms with Crippen LogP contribution in [0.2, 0.25) is 0 Å². The maximum Gasteiger partial charge on any atom is 0.353 e. The van der Waals surface area contributed by atoms with Gasteiger partial charge in [-0.25, -0.2) is 0 Å². The first-order chi connectivity index (χ1) is 11.6. The van der Waals surface area contributed by atoms with Crippen molar-refractivity contribution < 1.29 is 14.6 Å². The second-order valence-corrected chi connectivity index (χ2v) is 5.73. The lowest BCUT2D eigenvalue weighted by molar-refractivity contribution is -0.898. The van der Waals surface area contributed by atoms with E-state index in [2.05, 4.69) is 22.2 Å². The largest absolute Gasteiger partial charge is 0.385 e. The van der Waals surface area contributed by atoms with Gasteiger partial charge in [-0.3, -0.25) is 10.1 Å². The number of nitrogen functional groups attached to an aromatic ring is 1. The van der Waals surface area contributed by atoms with Gasteiger partial charge in [0.25, 0.3) is 0 Å². The van der Waals surface area contributed by atoms with Gasteiger partial charge in [0.1, 0.15) is 0 Å². The molecule has 1 aromatic rings. The van der Waals surface area contributed by atoms with Crippen LogP contribution in [0.1, 0.15) is 13.3 Å². The first-order valence-corrected chi connectivity index (χ1v) is 8.20. The summed E-state index contributed by atoms with van der Waals surface area (Å²) in [6, 6.07) is 0. The van der Waals surface area contributed by atoms with Crippen LogP contribution in [0, 0.1) is 10.1 Å². The van der Waals surface area contributed by atoms with Crippen molar-refractivity contribution in [3.05, 3.63) is 10.1 Å². The number of nitro groups is 1. The fourth-order valence-corrected chi connectivity index (χ4v) is 2.74. The summed E-state index contributed by atoms with van der Waals surface area (Å²) in [7, 11) is 1.64. The number of likely N-dealkylation sites (N-methyl/N-ethyl adjacent to an activating group) is 1. The molecule has 10 heteroatoms. The third-order valence-corrected chi connectivity index (χ3v) is 4.15. The van der Waals surface area contributed by atoms with E-state index in [9.17, 15) is 10.1 Å². The zero-order chi connectivity index (χ0) is 17.5. The Morgan fingerprint density at radius 3 is 2.71 bits per heavy atom. The number of piperazine rings is 1. The lowest BCUT2D eigenvalue weighted by Crippen LogP contribution is -3.14. The number of nitrogens with one attached hydrogen (secondary N) is 2. The lowest BCUT2D eigenvalue weighted by Gasteiger charge is -2.32. The van der Waals surface area contributed by atoms with E-state index < -0.39 is 4.92 Å². The minimum atomic E-state index is -0.502. The van der Waals surface area contributed by atoms with Gasteiger partial charge in [-0.1, -0.05) is 0 Å². The SMILES string of the molecule is CC[NH+]1CCN(c2nc(NCCCOC)nc(N)c2[N+](=O)[O-])CC1. The number of nitrogens with two attached hydrogens (primary N) is 1. The quantitative estimate of drug-likeness (QED) is 0.317. The number of methoxy groups -OCH3 is 1. The monoisotopic (exact) mass is 340 g/mol. The molecule has 2 rings (SSSR count). The Bertz CT molecular complexity index is 562. The summed E-state index contributed by atoms with van der Waals surface area (Å²) in [6.45, 7) is 7.68. The second-order valence-electron chi connectivity index (χ2n) is 5.73. The van der Waals surface area contributed by atoms with Crippen LogP contribution < -0.4 is 20.9 Å². The molecule has 0 amide bonds. The Hall–Kier alpha value is -2.20. The van der Waals surface area contributed by atoms with Gasteiger partial charge < -0.3 is 25.6 Å². The molecule has 2 heterocycles. The van der Waals surface area contributed by atoms with Crippen molar-refractivity contribution in [2.45, 2.75) is 13.3 Å². The van der Waals surface area contributed by atoms with Crippen molar-refractivity contribution >= 4 is 23.3 Å². The number of quaternary nitrogens is 1. The molecule has 1 fully saturated rings. The molecule has 0 spiro atoms. The molecule has 0 radical (unpaired) electrons. The van der Waals surface area contributed by atoms with Gasteiger partial charge >= 0.3 is 5.69 Å². The van der Waals surface area contributed by atoms with Crippen LogP contribution in [0.4, 0.5) is 23.3 Å². The van der Waals surface area contributed by atoms with Gasteiger partial charge in [0, 0.05) is 20.3 Å². The summed E-state index contributed by atoms with van der Waals surface area (Å²) in [5, 5.41) is 14.4. The molecule has 134 valence electrons. The molecule has 1 aliphatic rings. The highest BCUT2D eigenvalue weighted by molar-refractivity contribution is 5.71. The molecule has 24 heavy (non-hydrogen) atoms. The Morgan fingerprint density at radius 2 is 2.12 bits per heavy atom. The Kier molecular flexibility index (Phi) is 6.50. The Morgan fingerprint density at radius 1 is 1.42 bits per heavy atom. The summed E-state index contributed by atoms with van der Waals surface area (Å²) < 4.78 is 4.99. The zero-order valence-corrected chi connectivity index (χ0v) is 14.2. The summed E-state index contributed by atoms with van der Waals surface area (Å²) >= 11 is 0. The van der Waals surface area contributed by atoms with Crippen molar-refractivity contribution in [3.8, 4) is 0 Å². The van der Waals surface area contributed by atoms with Gasteiger partial charge in [0.05, 0.1) is 37.6 Å². The highest BCUT2D eigenvalue weighted by Crippen LogP contribution is 2.31. The molecule has 0 aliphatic carbocycles. The minimum absolute atomic E-state index is 0.107. The number of hydrogen-bond donors (Lipinski definition) is 3. The average Bonchev–Trinajstić information content (AvgIpc) is 2.58. The summed E-state index contributed by atoms with van der Waals surface area (Å²) in [4.78, 5) is 22.7. The predicted octanol–water partition coefficient (Wildman–Crippen LogP) is -0.860. The number of nitrogens with zero attached hydrogens (tertiary/aromatic N) is 4. The summed E-state index contributed by atoms with van der Waals surface area (Å²) in [5.41, 5.74) is 5.61. The number of ether oxygens (including phenoxy) is 1. The fourth-order valence-electron chi connectivity index (χ4n) is 2.74. The lowest BCUT2D eigenvalue weighted by atomic mass is 10.3. The van der Waals surface area contributed by atoms with Gasteiger partial charge in [-0.2, -0.15) is 9.97 Å². The van der Waals surface area contributed by atoms with E-state index in [1.54, 1.807) is 7.11 Å². The topological polar surface area (TPSA) is 124 Å². The van der Waals surface area contributed by atoms with Crippen LogP contribution >= 0.6 is 0 Å². The first-order valence-electron chi connectivity index (χ1n) is 8.20. The van der Waals surface area contributed by atoms with Crippen LogP contribution in [0.25, 0.3) is 0 Å². The van der Waals surface area contributed by atoms with E-state index >= 15 is 0 Å². The van der Waals surface area contributed by atoms with Gasteiger partial charge in [0.15, 0.2) is 0 Å². The van der Waals surface area contributed by atoms with E-state index in [0.717, 1.165) is 26.1 Å². The van der Waals surface area contributed by atoms with Crippen LogP contribution in [-0.4, -0.2) is 67.9 Å². The van der Waals surface area contributed by atoms with Crippen LogP contribution in [-0.2, 0) is 4.74 Å². The normalized spacial score (nSPS) is 15.5. The summed E-state index contributed by atoms with van der Waals surface area (Å²) in [6.07, 6.45) is 0.782. The van der Waals surface area contributed by atoms with E-state index in [-0.39, 0.29) is 11.5 Å². The highest BCUT2D eigenvalue weighted by atomic mass is 16.6. The molecule has 1 saturated heterocycles. The van der Waals surface area contributed by atoms with Crippen LogP contribution in [0.15, 0.2) is 0 Å².